The van der Waals surface area contributed by atoms with Crippen LogP contribution < -0.4 is 0 Å². The third kappa shape index (κ3) is 1.90. The second-order valence-electron chi connectivity index (χ2n) is 3.58. The van der Waals surface area contributed by atoms with Gasteiger partial charge in [-0.25, -0.2) is 0 Å². The van der Waals surface area contributed by atoms with Gasteiger partial charge in [-0.2, -0.15) is 0 Å². The van der Waals surface area contributed by atoms with Crippen LogP contribution >= 0.6 is 11.6 Å². The molecule has 1 heterocycles. The van der Waals surface area contributed by atoms with E-state index in [1.54, 1.807) is 0 Å². The molecule has 1 aromatic heterocycles. The van der Waals surface area contributed by atoms with E-state index in [4.69, 9.17) is 16.1 Å². The molecule has 78 valence electrons. The van der Waals surface area contributed by atoms with Crippen LogP contribution in [-0.2, 0) is 5.88 Å². The number of hydrogen-bond acceptors (Lipinski definition) is 2. The van der Waals surface area contributed by atoms with Crippen LogP contribution in [0.4, 0.5) is 0 Å². The fourth-order valence-corrected chi connectivity index (χ4v) is 1.79. The minimum Gasteiger partial charge on any atom is -0.356 e. The van der Waals surface area contributed by atoms with Crippen LogP contribution in [-0.4, -0.2) is 5.16 Å². The van der Waals surface area contributed by atoms with E-state index in [-0.39, 0.29) is 0 Å². The lowest BCUT2D eigenvalue weighted by atomic mass is 10.1. The Morgan fingerprint density at radius 3 is 2.47 bits per heavy atom. The number of alkyl halides is 1. The van der Waals surface area contributed by atoms with Gasteiger partial charge in [0, 0.05) is 11.1 Å². The van der Waals surface area contributed by atoms with E-state index >= 15 is 0 Å². The fourth-order valence-electron chi connectivity index (χ4n) is 1.48. The van der Waals surface area contributed by atoms with Crippen LogP contribution in [0.5, 0.6) is 0 Å². The van der Waals surface area contributed by atoms with E-state index in [9.17, 15) is 0 Å². The highest BCUT2D eigenvalue weighted by molar-refractivity contribution is 6.17. The fraction of sp³-hybridized carbons (Fsp3) is 0.250. The van der Waals surface area contributed by atoms with E-state index in [1.807, 2.05) is 31.2 Å². The largest absolute Gasteiger partial charge is 0.356 e. The van der Waals surface area contributed by atoms with Crippen LogP contribution in [0, 0.1) is 13.8 Å². The van der Waals surface area contributed by atoms with Gasteiger partial charge in [0.05, 0.1) is 11.6 Å². The number of benzene rings is 1. The molecule has 3 heteroatoms. The Balaban J connectivity index is 2.49. The van der Waals surface area contributed by atoms with Crippen molar-refractivity contribution in [2.24, 2.45) is 0 Å². The number of nitrogens with zero attached hydrogens (tertiary/aromatic N) is 1. The van der Waals surface area contributed by atoms with Crippen molar-refractivity contribution >= 4 is 11.6 Å². The zero-order valence-corrected chi connectivity index (χ0v) is 9.51. The molecule has 0 saturated carbocycles. The third-order valence-electron chi connectivity index (χ3n) is 2.43. The predicted molar refractivity (Wildman–Crippen MR) is 61.0 cm³/mol. The maximum Gasteiger partial charge on any atom is 0.171 e. The topological polar surface area (TPSA) is 26.0 Å². The Kier molecular flexibility index (Phi) is 2.78. The van der Waals surface area contributed by atoms with Gasteiger partial charge in [-0.3, -0.25) is 0 Å². The average molecular weight is 222 g/mol. The Labute approximate surface area is 93.9 Å². The van der Waals surface area contributed by atoms with E-state index in [2.05, 4.69) is 12.1 Å². The van der Waals surface area contributed by atoms with E-state index < -0.39 is 0 Å². The molecular weight excluding hydrogens is 210 g/mol. The summed E-state index contributed by atoms with van der Waals surface area (Å²) in [6.07, 6.45) is 0. The quantitative estimate of drug-likeness (QED) is 0.723. The molecule has 0 atom stereocenters. The molecule has 2 nitrogen and oxygen atoms in total. The molecule has 1 aromatic carbocycles. The molecule has 0 aliphatic rings. The first kappa shape index (κ1) is 10.2. The molecular formula is C12H12ClNO. The summed E-state index contributed by atoms with van der Waals surface area (Å²) < 4.78 is 5.28. The van der Waals surface area contributed by atoms with Gasteiger partial charge in [0.25, 0.3) is 0 Å². The molecule has 0 amide bonds. The second kappa shape index (κ2) is 4.07. The molecule has 2 aromatic rings. The molecule has 0 radical (unpaired) electrons. The lowest BCUT2D eigenvalue weighted by Gasteiger charge is -1.99. The first-order valence-corrected chi connectivity index (χ1v) is 5.34. The van der Waals surface area contributed by atoms with Crippen molar-refractivity contribution in [1.29, 1.82) is 0 Å². The summed E-state index contributed by atoms with van der Waals surface area (Å²) in [5.41, 5.74) is 4.08. The minimum atomic E-state index is 0.429. The van der Waals surface area contributed by atoms with E-state index in [0.717, 1.165) is 22.6 Å². The van der Waals surface area contributed by atoms with Crippen molar-refractivity contribution < 1.29 is 4.52 Å². The summed E-state index contributed by atoms with van der Waals surface area (Å²) >= 11 is 5.86. The number of aryl methyl sites for hydroxylation is 2. The molecule has 0 aliphatic heterocycles. The maximum atomic E-state index is 5.86. The number of rotatable bonds is 2. The van der Waals surface area contributed by atoms with Crippen molar-refractivity contribution in [1.82, 2.24) is 5.16 Å². The van der Waals surface area contributed by atoms with E-state index in [1.165, 1.54) is 5.56 Å². The molecule has 0 unspecified atom stereocenters. The molecule has 0 bridgehead atoms. The predicted octanol–water partition coefficient (Wildman–Crippen LogP) is 3.70. The molecule has 0 N–H and O–H groups in total. The summed E-state index contributed by atoms with van der Waals surface area (Å²) in [6.45, 7) is 3.96. The summed E-state index contributed by atoms with van der Waals surface area (Å²) in [5, 5.41) is 3.93. The monoisotopic (exact) mass is 221 g/mol. The lowest BCUT2D eigenvalue weighted by molar-refractivity contribution is 0.427. The Bertz CT molecular complexity index is 459. The Hall–Kier alpha value is -1.28. The Morgan fingerprint density at radius 1 is 1.20 bits per heavy atom. The van der Waals surface area contributed by atoms with Crippen LogP contribution in [0.25, 0.3) is 11.3 Å². The van der Waals surface area contributed by atoms with Crippen molar-refractivity contribution in [3.63, 3.8) is 0 Å². The molecule has 0 saturated heterocycles. The highest BCUT2D eigenvalue weighted by Gasteiger charge is 2.13. The first-order valence-electron chi connectivity index (χ1n) is 4.80. The van der Waals surface area contributed by atoms with Crippen LogP contribution in [0.15, 0.2) is 28.8 Å². The van der Waals surface area contributed by atoms with Crippen LogP contribution in [0.3, 0.4) is 0 Å². The van der Waals surface area contributed by atoms with Gasteiger partial charge in [0.2, 0.25) is 0 Å². The lowest BCUT2D eigenvalue weighted by Crippen LogP contribution is -1.83. The Morgan fingerprint density at radius 2 is 1.87 bits per heavy atom. The molecule has 2 rings (SSSR count). The molecule has 15 heavy (non-hydrogen) atoms. The van der Waals surface area contributed by atoms with Crippen molar-refractivity contribution in [2.75, 3.05) is 0 Å². The highest BCUT2D eigenvalue weighted by Crippen LogP contribution is 2.27. The van der Waals surface area contributed by atoms with Gasteiger partial charge in [-0.05, 0) is 13.8 Å². The van der Waals surface area contributed by atoms with Gasteiger partial charge in [-0.15, -0.1) is 11.6 Å². The standard InChI is InChI=1S/C12H12ClNO/c1-8-3-5-10(6-4-8)12-11(7-13)9(2)14-15-12/h3-6H,7H2,1-2H3. The average Bonchev–Trinajstić information content (AvgIpc) is 2.61. The van der Waals surface area contributed by atoms with E-state index in [0.29, 0.717) is 5.88 Å². The van der Waals surface area contributed by atoms with Gasteiger partial charge in [-0.1, -0.05) is 35.0 Å². The second-order valence-corrected chi connectivity index (χ2v) is 3.84. The molecule has 0 aliphatic carbocycles. The van der Waals surface area contributed by atoms with Gasteiger partial charge < -0.3 is 4.52 Å². The van der Waals surface area contributed by atoms with Gasteiger partial charge in [0.1, 0.15) is 0 Å². The summed E-state index contributed by atoms with van der Waals surface area (Å²) in [4.78, 5) is 0. The first-order chi connectivity index (χ1) is 7.22. The van der Waals surface area contributed by atoms with Crippen molar-refractivity contribution in [3.8, 4) is 11.3 Å². The maximum absolute atomic E-state index is 5.86. The van der Waals surface area contributed by atoms with Crippen LogP contribution in [0.1, 0.15) is 16.8 Å². The molecule has 0 spiro atoms. The zero-order valence-electron chi connectivity index (χ0n) is 8.75. The number of hydrogen-bond donors (Lipinski definition) is 0. The normalized spacial score (nSPS) is 10.6. The van der Waals surface area contributed by atoms with Crippen LogP contribution in [0.2, 0.25) is 0 Å². The summed E-state index contributed by atoms with van der Waals surface area (Å²) in [7, 11) is 0. The SMILES string of the molecule is Cc1ccc(-c2onc(C)c2CCl)cc1. The molecule has 0 fully saturated rings. The minimum absolute atomic E-state index is 0.429. The zero-order chi connectivity index (χ0) is 10.8. The highest BCUT2D eigenvalue weighted by atomic mass is 35.5. The number of halogens is 1. The summed E-state index contributed by atoms with van der Waals surface area (Å²) in [5.74, 6) is 1.21. The van der Waals surface area contributed by atoms with Crippen molar-refractivity contribution in [3.05, 3.63) is 41.1 Å². The third-order valence-corrected chi connectivity index (χ3v) is 2.70. The van der Waals surface area contributed by atoms with Crippen molar-refractivity contribution in [2.45, 2.75) is 19.7 Å². The smallest absolute Gasteiger partial charge is 0.171 e. The summed E-state index contributed by atoms with van der Waals surface area (Å²) in [6, 6.07) is 8.13. The van der Waals surface area contributed by atoms with Gasteiger partial charge >= 0.3 is 0 Å². The van der Waals surface area contributed by atoms with Gasteiger partial charge in [0.15, 0.2) is 5.76 Å². The number of aromatic nitrogens is 1.